The fraction of sp³-hybridized carbons (Fsp3) is 0.462. The molecule has 0 atom stereocenters. The lowest BCUT2D eigenvalue weighted by atomic mass is 9.85. The van der Waals surface area contributed by atoms with Crippen molar-refractivity contribution in [3.63, 3.8) is 0 Å². The van der Waals surface area contributed by atoms with Gasteiger partial charge in [-0.2, -0.15) is 0 Å². The number of hydrogen-bond donors (Lipinski definition) is 2. The van der Waals surface area contributed by atoms with Crippen molar-refractivity contribution in [2.24, 2.45) is 16.6 Å². The molecule has 3 N–H and O–H groups in total. The molecule has 0 aromatic heterocycles. The van der Waals surface area contributed by atoms with Gasteiger partial charge in [0.25, 0.3) is 0 Å². The van der Waals surface area contributed by atoms with Gasteiger partial charge >= 0.3 is 0 Å². The Kier molecular flexibility index (Phi) is 6.85. The van der Waals surface area contributed by atoms with E-state index in [-0.39, 0.29) is 29.0 Å². The van der Waals surface area contributed by atoms with E-state index in [9.17, 15) is 4.39 Å². The fourth-order valence-corrected chi connectivity index (χ4v) is 2.02. The van der Waals surface area contributed by atoms with Crippen molar-refractivity contribution < 1.29 is 4.39 Å². The summed E-state index contributed by atoms with van der Waals surface area (Å²) in [6.45, 7) is 1.29. The lowest BCUT2D eigenvalue weighted by molar-refractivity contribution is 0.315. The minimum Gasteiger partial charge on any atom is -0.370 e. The lowest BCUT2D eigenvalue weighted by Crippen LogP contribution is -2.37. The van der Waals surface area contributed by atoms with Crippen molar-refractivity contribution in [3.05, 3.63) is 34.6 Å². The van der Waals surface area contributed by atoms with Gasteiger partial charge in [-0.3, -0.25) is 0 Å². The highest BCUT2D eigenvalue weighted by Gasteiger charge is 2.16. The number of rotatable bonds is 4. The van der Waals surface area contributed by atoms with E-state index in [1.807, 2.05) is 0 Å². The molecule has 1 aliphatic rings. The third kappa shape index (κ3) is 5.14. The molecule has 6 heteroatoms. The largest absolute Gasteiger partial charge is 0.370 e. The van der Waals surface area contributed by atoms with Crippen LogP contribution in [0.2, 0.25) is 5.02 Å². The Labute approximate surface area is 134 Å². The molecule has 1 aromatic carbocycles. The van der Waals surface area contributed by atoms with E-state index in [0.29, 0.717) is 12.5 Å². The first-order chi connectivity index (χ1) is 8.65. The highest BCUT2D eigenvalue weighted by molar-refractivity contribution is 14.0. The summed E-state index contributed by atoms with van der Waals surface area (Å²) in [5.74, 6) is 0.752. The molecule has 0 aliphatic heterocycles. The Bertz CT molecular complexity index is 450. The number of benzene rings is 1. The SMILES string of the molecule is I.NC(=NCc1ccc(F)c(Cl)c1)NCC1CCC1. The summed E-state index contributed by atoms with van der Waals surface area (Å²) in [5, 5.41) is 3.22. The van der Waals surface area contributed by atoms with Gasteiger partial charge in [-0.25, -0.2) is 9.38 Å². The number of halogens is 3. The van der Waals surface area contributed by atoms with Crippen LogP contribution in [0.15, 0.2) is 23.2 Å². The maximum Gasteiger partial charge on any atom is 0.188 e. The van der Waals surface area contributed by atoms with Gasteiger partial charge in [0.15, 0.2) is 5.96 Å². The molecule has 1 aliphatic carbocycles. The average Bonchev–Trinajstić information content (AvgIpc) is 2.29. The Hall–Kier alpha value is -0.560. The van der Waals surface area contributed by atoms with Crippen LogP contribution in [0.4, 0.5) is 4.39 Å². The van der Waals surface area contributed by atoms with Crippen LogP contribution in [0, 0.1) is 11.7 Å². The van der Waals surface area contributed by atoms with Crippen molar-refractivity contribution in [2.75, 3.05) is 6.54 Å². The van der Waals surface area contributed by atoms with Gasteiger partial charge in [0.2, 0.25) is 0 Å². The molecule has 1 aromatic rings. The van der Waals surface area contributed by atoms with Crippen molar-refractivity contribution >= 4 is 41.5 Å². The first-order valence-electron chi connectivity index (χ1n) is 6.13. The van der Waals surface area contributed by atoms with Gasteiger partial charge in [-0.05, 0) is 36.5 Å². The molecule has 0 heterocycles. The van der Waals surface area contributed by atoms with Crippen molar-refractivity contribution in [1.82, 2.24) is 5.32 Å². The second kappa shape index (κ2) is 7.89. The normalized spacial score (nSPS) is 15.6. The van der Waals surface area contributed by atoms with Gasteiger partial charge < -0.3 is 11.1 Å². The minimum atomic E-state index is -0.416. The number of nitrogens with one attached hydrogen (secondary N) is 1. The van der Waals surface area contributed by atoms with Gasteiger partial charge in [0.05, 0.1) is 11.6 Å². The third-order valence-electron chi connectivity index (χ3n) is 3.21. The number of nitrogens with zero attached hydrogens (tertiary/aromatic N) is 1. The van der Waals surface area contributed by atoms with Crippen LogP contribution < -0.4 is 11.1 Å². The summed E-state index contributed by atoms with van der Waals surface area (Å²) >= 11 is 5.69. The van der Waals surface area contributed by atoms with Crippen LogP contribution >= 0.6 is 35.6 Å². The standard InChI is InChI=1S/C13H17ClFN3.HI/c14-11-6-10(4-5-12(11)15)8-18-13(16)17-7-9-2-1-3-9;/h4-6,9H,1-3,7-8H2,(H3,16,17,18);1H. The van der Waals surface area contributed by atoms with Crippen molar-refractivity contribution in [2.45, 2.75) is 25.8 Å². The second-order valence-electron chi connectivity index (χ2n) is 4.63. The number of hydrogen-bond acceptors (Lipinski definition) is 1. The fourth-order valence-electron chi connectivity index (χ4n) is 1.82. The van der Waals surface area contributed by atoms with Crippen LogP contribution in [0.3, 0.4) is 0 Å². The predicted molar refractivity (Wildman–Crippen MR) is 87.5 cm³/mol. The molecular formula is C13H18ClFIN3. The number of aliphatic imine (C=N–C) groups is 1. The summed E-state index contributed by atoms with van der Waals surface area (Å²) in [6, 6.07) is 4.56. The predicted octanol–water partition coefficient (Wildman–Crippen LogP) is 3.30. The number of guanidine groups is 1. The van der Waals surface area contributed by atoms with Crippen LogP contribution in [0.1, 0.15) is 24.8 Å². The maximum atomic E-state index is 12.9. The summed E-state index contributed by atoms with van der Waals surface area (Å²) in [5.41, 5.74) is 6.59. The zero-order valence-corrected chi connectivity index (χ0v) is 13.6. The van der Waals surface area contributed by atoms with Crippen LogP contribution in [0.5, 0.6) is 0 Å². The highest BCUT2D eigenvalue weighted by Crippen LogP contribution is 2.25. The van der Waals surface area contributed by atoms with E-state index in [4.69, 9.17) is 17.3 Å². The van der Waals surface area contributed by atoms with Gasteiger partial charge in [0.1, 0.15) is 5.82 Å². The summed E-state index contributed by atoms with van der Waals surface area (Å²) in [6.07, 6.45) is 3.86. The quantitative estimate of drug-likeness (QED) is 0.465. The first kappa shape index (κ1) is 16.5. The molecule has 0 saturated heterocycles. The van der Waals surface area contributed by atoms with E-state index < -0.39 is 5.82 Å². The molecule has 106 valence electrons. The van der Waals surface area contributed by atoms with Crippen LogP contribution in [0.25, 0.3) is 0 Å². The Balaban J connectivity index is 0.00000180. The maximum absolute atomic E-state index is 12.9. The monoisotopic (exact) mass is 397 g/mol. The molecule has 0 amide bonds. The van der Waals surface area contributed by atoms with E-state index in [1.165, 1.54) is 25.3 Å². The molecule has 19 heavy (non-hydrogen) atoms. The van der Waals surface area contributed by atoms with E-state index in [2.05, 4.69) is 10.3 Å². The number of nitrogens with two attached hydrogens (primary N) is 1. The van der Waals surface area contributed by atoms with Gasteiger partial charge in [0, 0.05) is 6.54 Å². The van der Waals surface area contributed by atoms with Gasteiger partial charge in [-0.1, -0.05) is 24.1 Å². The molecule has 3 nitrogen and oxygen atoms in total. The molecule has 0 bridgehead atoms. The minimum absolute atomic E-state index is 0. The Morgan fingerprint density at radius 3 is 2.79 bits per heavy atom. The Morgan fingerprint density at radius 1 is 1.47 bits per heavy atom. The van der Waals surface area contributed by atoms with E-state index in [0.717, 1.165) is 18.0 Å². The zero-order chi connectivity index (χ0) is 13.0. The average molecular weight is 398 g/mol. The first-order valence-corrected chi connectivity index (χ1v) is 6.50. The molecule has 0 radical (unpaired) electrons. The molecule has 0 unspecified atom stereocenters. The van der Waals surface area contributed by atoms with Crippen molar-refractivity contribution in [3.8, 4) is 0 Å². The van der Waals surface area contributed by atoms with E-state index in [1.54, 1.807) is 12.1 Å². The zero-order valence-electron chi connectivity index (χ0n) is 10.5. The van der Waals surface area contributed by atoms with Gasteiger partial charge in [-0.15, -0.1) is 24.0 Å². The second-order valence-corrected chi connectivity index (χ2v) is 5.03. The lowest BCUT2D eigenvalue weighted by Gasteiger charge is -2.25. The molecule has 2 rings (SSSR count). The van der Waals surface area contributed by atoms with Crippen molar-refractivity contribution in [1.29, 1.82) is 0 Å². The molecule has 0 spiro atoms. The molecular weight excluding hydrogens is 380 g/mol. The summed E-state index contributed by atoms with van der Waals surface area (Å²) in [7, 11) is 0. The van der Waals surface area contributed by atoms with Crippen LogP contribution in [-0.4, -0.2) is 12.5 Å². The van der Waals surface area contributed by atoms with Crippen LogP contribution in [-0.2, 0) is 6.54 Å². The molecule has 1 saturated carbocycles. The Morgan fingerprint density at radius 2 is 2.21 bits per heavy atom. The summed E-state index contributed by atoms with van der Waals surface area (Å²) in [4.78, 5) is 4.20. The smallest absolute Gasteiger partial charge is 0.188 e. The highest BCUT2D eigenvalue weighted by atomic mass is 127. The summed E-state index contributed by atoms with van der Waals surface area (Å²) < 4.78 is 12.9. The van der Waals surface area contributed by atoms with E-state index >= 15 is 0 Å². The molecule has 1 fully saturated rings. The topological polar surface area (TPSA) is 50.4 Å². The third-order valence-corrected chi connectivity index (χ3v) is 3.50.